The van der Waals surface area contributed by atoms with Crippen LogP contribution < -0.4 is 5.73 Å². The van der Waals surface area contributed by atoms with Gasteiger partial charge in [0.15, 0.2) is 0 Å². The third-order valence-electron chi connectivity index (χ3n) is 2.46. The zero-order chi connectivity index (χ0) is 14.8. The van der Waals surface area contributed by atoms with Crippen LogP contribution in [0.3, 0.4) is 0 Å². The lowest BCUT2D eigenvalue weighted by atomic mass is 10.2. The average molecular weight is 418 g/mol. The highest BCUT2D eigenvalue weighted by molar-refractivity contribution is 9.11. The Hall–Kier alpha value is -1.18. The van der Waals surface area contributed by atoms with Gasteiger partial charge in [0.05, 0.1) is 0 Å². The molecule has 0 fully saturated rings. The summed E-state index contributed by atoms with van der Waals surface area (Å²) in [6.07, 6.45) is 0. The Bertz CT molecular complexity index is 759. The first-order valence-corrected chi connectivity index (χ1v) is 8.54. The quantitative estimate of drug-likeness (QED) is 0.615. The van der Waals surface area contributed by atoms with E-state index in [-0.39, 0.29) is 10.7 Å². The highest BCUT2D eigenvalue weighted by atomic mass is 79.9. The smallest absolute Gasteiger partial charge is 0.285 e. The maximum absolute atomic E-state index is 12.2. The van der Waals surface area contributed by atoms with Crippen molar-refractivity contribution < 1.29 is 8.42 Å². The molecule has 0 amide bonds. The molecular formula is C13H10Br2N2O2S. The number of hydrogen-bond acceptors (Lipinski definition) is 2. The molecule has 0 aromatic heterocycles. The Morgan fingerprint density at radius 1 is 1.05 bits per heavy atom. The van der Waals surface area contributed by atoms with Crippen LogP contribution in [0.15, 0.2) is 66.8 Å². The highest BCUT2D eigenvalue weighted by Gasteiger charge is 2.17. The Morgan fingerprint density at radius 3 is 2.30 bits per heavy atom. The second-order valence-corrected chi connectivity index (χ2v) is 7.23. The summed E-state index contributed by atoms with van der Waals surface area (Å²) in [4.78, 5) is 0.0691. The van der Waals surface area contributed by atoms with Gasteiger partial charge in [0.25, 0.3) is 10.0 Å². The van der Waals surface area contributed by atoms with Crippen LogP contribution in [0.5, 0.6) is 0 Å². The van der Waals surface area contributed by atoms with Crippen molar-refractivity contribution in [3.8, 4) is 0 Å². The van der Waals surface area contributed by atoms with Gasteiger partial charge in [0.2, 0.25) is 0 Å². The number of sulfonamides is 1. The molecule has 0 atom stereocenters. The molecule has 20 heavy (non-hydrogen) atoms. The van der Waals surface area contributed by atoms with Crippen LogP contribution in [-0.2, 0) is 10.0 Å². The maximum Gasteiger partial charge on any atom is 0.285 e. The van der Waals surface area contributed by atoms with Crippen LogP contribution >= 0.6 is 31.9 Å². The van der Waals surface area contributed by atoms with E-state index in [2.05, 4.69) is 36.3 Å². The Labute approximate surface area is 134 Å². The first-order valence-electron chi connectivity index (χ1n) is 5.51. The predicted molar refractivity (Wildman–Crippen MR) is 86.2 cm³/mol. The van der Waals surface area contributed by atoms with Crippen molar-refractivity contribution in [3.05, 3.63) is 63.0 Å². The minimum absolute atomic E-state index is 0.0413. The Kier molecular flexibility index (Phi) is 4.62. The van der Waals surface area contributed by atoms with Gasteiger partial charge in [-0.2, -0.15) is 8.42 Å². The molecule has 0 bridgehead atoms. The molecule has 4 nitrogen and oxygen atoms in total. The number of hydrogen-bond donors (Lipinski definition) is 1. The number of nitrogens with zero attached hydrogens (tertiary/aromatic N) is 1. The standard InChI is InChI=1S/C13H10Br2N2O2S/c14-10-6-7-12(11(15)8-10)20(18,19)17-13(16)9-4-2-1-3-5-9/h1-8H,(H2,16,17). The molecule has 0 spiro atoms. The summed E-state index contributed by atoms with van der Waals surface area (Å²) in [5.41, 5.74) is 6.30. The van der Waals surface area contributed by atoms with Crippen LogP contribution in [-0.4, -0.2) is 14.3 Å². The van der Waals surface area contributed by atoms with E-state index in [1.807, 2.05) is 6.07 Å². The van der Waals surface area contributed by atoms with Crippen molar-refractivity contribution in [1.29, 1.82) is 0 Å². The Balaban J connectivity index is 2.46. The van der Waals surface area contributed by atoms with E-state index in [4.69, 9.17) is 5.73 Å². The first kappa shape index (κ1) is 15.2. The summed E-state index contributed by atoms with van der Waals surface area (Å²) < 4.78 is 29.3. The molecule has 0 unspecified atom stereocenters. The van der Waals surface area contributed by atoms with Crippen molar-refractivity contribution in [2.75, 3.05) is 0 Å². The van der Waals surface area contributed by atoms with Crippen LogP contribution in [0.4, 0.5) is 0 Å². The molecular weight excluding hydrogens is 408 g/mol. The number of amidine groups is 1. The third kappa shape index (κ3) is 3.47. The molecule has 2 aromatic rings. The highest BCUT2D eigenvalue weighted by Crippen LogP contribution is 2.27. The van der Waals surface area contributed by atoms with Crippen molar-refractivity contribution in [2.24, 2.45) is 10.1 Å². The topological polar surface area (TPSA) is 72.5 Å². The van der Waals surface area contributed by atoms with Gasteiger partial charge in [0, 0.05) is 14.5 Å². The SMILES string of the molecule is N/C(=N/S(=O)(=O)c1ccc(Br)cc1Br)c1ccccc1. The van der Waals surface area contributed by atoms with Gasteiger partial charge in [0.1, 0.15) is 10.7 Å². The molecule has 104 valence electrons. The number of halogens is 2. The molecule has 0 aliphatic heterocycles. The van der Waals surface area contributed by atoms with E-state index in [1.165, 1.54) is 6.07 Å². The molecule has 2 aromatic carbocycles. The van der Waals surface area contributed by atoms with E-state index in [0.29, 0.717) is 10.0 Å². The van der Waals surface area contributed by atoms with E-state index in [0.717, 1.165) is 4.47 Å². The van der Waals surface area contributed by atoms with Gasteiger partial charge >= 0.3 is 0 Å². The average Bonchev–Trinajstić information content (AvgIpc) is 2.38. The zero-order valence-electron chi connectivity index (χ0n) is 10.1. The number of nitrogens with two attached hydrogens (primary N) is 1. The molecule has 0 saturated carbocycles. The number of rotatable bonds is 3. The fourth-order valence-electron chi connectivity index (χ4n) is 1.52. The van der Waals surface area contributed by atoms with Crippen LogP contribution in [0.25, 0.3) is 0 Å². The summed E-state index contributed by atoms with van der Waals surface area (Å²) in [6, 6.07) is 13.5. The normalized spacial score (nSPS) is 12.4. The number of benzene rings is 2. The van der Waals surface area contributed by atoms with Gasteiger partial charge in [-0.15, -0.1) is 4.40 Å². The van der Waals surface area contributed by atoms with Gasteiger partial charge in [-0.1, -0.05) is 46.3 Å². The first-order chi connectivity index (χ1) is 9.40. The van der Waals surface area contributed by atoms with Gasteiger partial charge < -0.3 is 5.73 Å². The Morgan fingerprint density at radius 2 is 1.70 bits per heavy atom. The second-order valence-electron chi connectivity index (χ2n) is 3.89. The summed E-state index contributed by atoms with van der Waals surface area (Å²) in [6.45, 7) is 0. The lowest BCUT2D eigenvalue weighted by molar-refractivity contribution is 0.597. The molecule has 0 aliphatic carbocycles. The summed E-state index contributed by atoms with van der Waals surface area (Å²) in [5, 5.41) is 0. The maximum atomic E-state index is 12.2. The van der Waals surface area contributed by atoms with Crippen molar-refractivity contribution in [3.63, 3.8) is 0 Å². The lowest BCUT2D eigenvalue weighted by Gasteiger charge is -2.04. The second kappa shape index (κ2) is 6.07. The molecule has 2 rings (SSSR count). The van der Waals surface area contributed by atoms with Crippen molar-refractivity contribution in [2.45, 2.75) is 4.90 Å². The summed E-state index contributed by atoms with van der Waals surface area (Å²) >= 11 is 6.48. The van der Waals surface area contributed by atoms with Crippen molar-refractivity contribution >= 4 is 47.7 Å². The minimum Gasteiger partial charge on any atom is -0.383 e. The van der Waals surface area contributed by atoms with Crippen molar-refractivity contribution in [1.82, 2.24) is 0 Å². The molecule has 7 heteroatoms. The lowest BCUT2D eigenvalue weighted by Crippen LogP contribution is -2.16. The van der Waals surface area contributed by atoms with Crippen LogP contribution in [0.2, 0.25) is 0 Å². The van der Waals surface area contributed by atoms with Crippen LogP contribution in [0, 0.1) is 0 Å². The minimum atomic E-state index is -3.86. The van der Waals surface area contributed by atoms with Gasteiger partial charge in [-0.3, -0.25) is 0 Å². The molecule has 0 saturated heterocycles. The molecule has 0 aliphatic rings. The van der Waals surface area contributed by atoms with E-state index in [1.54, 1.807) is 36.4 Å². The van der Waals surface area contributed by atoms with Crippen LogP contribution in [0.1, 0.15) is 5.56 Å². The molecule has 2 N–H and O–H groups in total. The summed E-state index contributed by atoms with van der Waals surface area (Å²) in [7, 11) is -3.86. The van der Waals surface area contributed by atoms with Gasteiger partial charge in [-0.25, -0.2) is 0 Å². The fraction of sp³-hybridized carbons (Fsp3) is 0. The largest absolute Gasteiger partial charge is 0.383 e. The fourth-order valence-corrected chi connectivity index (χ4v) is 4.19. The predicted octanol–water partition coefficient (Wildman–Crippen LogP) is 3.31. The molecule has 0 heterocycles. The summed E-state index contributed by atoms with van der Waals surface area (Å²) in [5.74, 6) is -0.0413. The zero-order valence-corrected chi connectivity index (χ0v) is 14.1. The van der Waals surface area contributed by atoms with E-state index < -0.39 is 10.0 Å². The third-order valence-corrected chi connectivity index (χ3v) is 5.22. The van der Waals surface area contributed by atoms with E-state index >= 15 is 0 Å². The van der Waals surface area contributed by atoms with Gasteiger partial charge in [-0.05, 0) is 34.1 Å². The van der Waals surface area contributed by atoms with E-state index in [9.17, 15) is 8.42 Å². The molecule has 0 radical (unpaired) electrons. The monoisotopic (exact) mass is 416 g/mol.